The van der Waals surface area contributed by atoms with E-state index in [1.165, 1.54) is 0 Å². The molecular formula is C23H27NO5. The normalized spacial score (nSPS) is 10.3. The first-order chi connectivity index (χ1) is 13.9. The smallest absolute Gasteiger partial charge is 0.306 e. The van der Waals surface area contributed by atoms with E-state index in [1.807, 2.05) is 32.9 Å². The van der Waals surface area contributed by atoms with Crippen molar-refractivity contribution in [1.82, 2.24) is 0 Å². The minimum Gasteiger partial charge on any atom is -0.494 e. The van der Waals surface area contributed by atoms with Crippen molar-refractivity contribution in [2.45, 2.75) is 40.0 Å². The monoisotopic (exact) mass is 397 g/mol. The van der Waals surface area contributed by atoms with Crippen LogP contribution in [0, 0.1) is 13.8 Å². The Bertz CT molecular complexity index is 858. The molecule has 2 aromatic carbocycles. The molecule has 2 aromatic rings. The number of aryl methyl sites for hydroxylation is 1. The number of benzene rings is 2. The zero-order valence-corrected chi connectivity index (χ0v) is 17.1. The summed E-state index contributed by atoms with van der Waals surface area (Å²) < 4.78 is 10.4. The fourth-order valence-electron chi connectivity index (χ4n) is 2.61. The average molecular weight is 397 g/mol. The molecule has 1 N–H and O–H groups in total. The zero-order valence-electron chi connectivity index (χ0n) is 17.1. The van der Waals surface area contributed by atoms with E-state index in [9.17, 15) is 14.4 Å². The molecule has 0 atom stereocenters. The number of anilines is 1. The van der Waals surface area contributed by atoms with Gasteiger partial charge in [0.05, 0.1) is 13.0 Å². The highest BCUT2D eigenvalue weighted by Gasteiger charge is 2.13. The van der Waals surface area contributed by atoms with Crippen LogP contribution in [0.15, 0.2) is 42.5 Å². The first kappa shape index (κ1) is 22.1. The van der Waals surface area contributed by atoms with Gasteiger partial charge in [-0.1, -0.05) is 19.1 Å². The van der Waals surface area contributed by atoms with Crippen molar-refractivity contribution in [1.29, 1.82) is 0 Å². The third-order valence-electron chi connectivity index (χ3n) is 4.45. The maximum atomic E-state index is 12.2. The second kappa shape index (κ2) is 11.0. The Morgan fingerprint density at radius 3 is 2.38 bits per heavy atom. The number of esters is 1. The first-order valence-corrected chi connectivity index (χ1v) is 9.68. The number of hydrogen-bond donors (Lipinski definition) is 1. The van der Waals surface area contributed by atoms with Gasteiger partial charge in [-0.3, -0.25) is 14.4 Å². The van der Waals surface area contributed by atoms with Crippen LogP contribution in [0.4, 0.5) is 5.69 Å². The maximum Gasteiger partial charge on any atom is 0.306 e. The van der Waals surface area contributed by atoms with Gasteiger partial charge in [0.25, 0.3) is 5.91 Å². The van der Waals surface area contributed by atoms with E-state index in [0.29, 0.717) is 23.6 Å². The summed E-state index contributed by atoms with van der Waals surface area (Å²) in [7, 11) is 0. The summed E-state index contributed by atoms with van der Waals surface area (Å²) in [5, 5.41) is 2.72. The Morgan fingerprint density at radius 1 is 0.966 bits per heavy atom. The summed E-state index contributed by atoms with van der Waals surface area (Å²) in [5.41, 5.74) is 3.22. The number of hydrogen-bond acceptors (Lipinski definition) is 5. The Labute approximate surface area is 171 Å². The lowest BCUT2D eigenvalue weighted by Crippen LogP contribution is -2.21. The fourth-order valence-corrected chi connectivity index (χ4v) is 2.61. The minimum atomic E-state index is -0.586. The van der Waals surface area contributed by atoms with Crippen LogP contribution >= 0.6 is 0 Å². The lowest BCUT2D eigenvalue weighted by Gasteiger charge is -2.10. The number of rotatable bonds is 10. The molecule has 0 spiro atoms. The van der Waals surface area contributed by atoms with Crippen molar-refractivity contribution in [3.8, 4) is 5.75 Å². The van der Waals surface area contributed by atoms with Crippen LogP contribution in [0.5, 0.6) is 5.75 Å². The molecule has 2 rings (SSSR count). The number of carbonyl (C=O) groups is 3. The number of nitrogens with one attached hydrogen (secondary N) is 1. The third-order valence-corrected chi connectivity index (χ3v) is 4.45. The fraction of sp³-hybridized carbons (Fsp3) is 0.348. The molecule has 0 radical (unpaired) electrons. The van der Waals surface area contributed by atoms with Gasteiger partial charge >= 0.3 is 5.97 Å². The van der Waals surface area contributed by atoms with E-state index in [4.69, 9.17) is 9.47 Å². The van der Waals surface area contributed by atoms with Crippen molar-refractivity contribution >= 4 is 23.3 Å². The molecular weight excluding hydrogens is 370 g/mol. The van der Waals surface area contributed by atoms with Crippen LogP contribution in [0.1, 0.15) is 47.7 Å². The quantitative estimate of drug-likeness (QED) is 0.479. The molecule has 1 amide bonds. The SMILES string of the molecule is CCCOc1ccc(C(=O)CCC(=O)OCC(=O)Nc2cccc(C)c2C)cc1. The number of Topliss-reactive ketones (excluding diaryl/α,β-unsaturated/α-hetero) is 1. The lowest BCUT2D eigenvalue weighted by molar-refractivity contribution is -0.147. The summed E-state index contributed by atoms with van der Waals surface area (Å²) in [6.07, 6.45) is 0.849. The Balaban J connectivity index is 1.74. The topological polar surface area (TPSA) is 81.7 Å². The minimum absolute atomic E-state index is 0.0204. The van der Waals surface area contributed by atoms with Gasteiger partial charge in [-0.15, -0.1) is 0 Å². The lowest BCUT2D eigenvalue weighted by atomic mass is 10.1. The van der Waals surface area contributed by atoms with Gasteiger partial charge in [0.1, 0.15) is 5.75 Å². The summed E-state index contributed by atoms with van der Waals surface area (Å²) in [5.74, 6) is -0.458. The summed E-state index contributed by atoms with van der Waals surface area (Å²) in [6, 6.07) is 12.4. The number of carbonyl (C=O) groups excluding carboxylic acids is 3. The number of ketones is 1. The van der Waals surface area contributed by atoms with Crippen LogP contribution in [0.25, 0.3) is 0 Å². The molecule has 0 aliphatic heterocycles. The van der Waals surface area contributed by atoms with Crippen LogP contribution in [0.3, 0.4) is 0 Å². The van der Waals surface area contributed by atoms with Gasteiger partial charge < -0.3 is 14.8 Å². The second-order valence-corrected chi connectivity index (χ2v) is 6.75. The summed E-state index contributed by atoms with van der Waals surface area (Å²) in [4.78, 5) is 36.0. The van der Waals surface area contributed by atoms with Crippen LogP contribution < -0.4 is 10.1 Å². The molecule has 154 valence electrons. The van der Waals surface area contributed by atoms with Crippen LogP contribution in [0.2, 0.25) is 0 Å². The third kappa shape index (κ3) is 7.07. The maximum absolute atomic E-state index is 12.2. The summed E-state index contributed by atoms with van der Waals surface area (Å²) >= 11 is 0. The predicted molar refractivity (Wildman–Crippen MR) is 111 cm³/mol. The molecule has 0 bridgehead atoms. The van der Waals surface area contributed by atoms with Crippen molar-refractivity contribution in [3.05, 3.63) is 59.2 Å². The van der Waals surface area contributed by atoms with Crippen molar-refractivity contribution < 1.29 is 23.9 Å². The highest BCUT2D eigenvalue weighted by Crippen LogP contribution is 2.18. The molecule has 0 aliphatic rings. The second-order valence-electron chi connectivity index (χ2n) is 6.75. The average Bonchev–Trinajstić information content (AvgIpc) is 2.72. The highest BCUT2D eigenvalue weighted by molar-refractivity contribution is 5.98. The Kier molecular flexibility index (Phi) is 8.40. The van der Waals surface area contributed by atoms with Gasteiger partial charge in [-0.05, 0) is 61.7 Å². The number of ether oxygens (including phenoxy) is 2. The van der Waals surface area contributed by atoms with Crippen molar-refractivity contribution in [3.63, 3.8) is 0 Å². The number of amides is 1. The van der Waals surface area contributed by atoms with Gasteiger partial charge in [-0.2, -0.15) is 0 Å². The first-order valence-electron chi connectivity index (χ1n) is 9.68. The molecule has 0 aromatic heterocycles. The summed E-state index contributed by atoms with van der Waals surface area (Å²) in [6.45, 7) is 6.11. The van der Waals surface area contributed by atoms with E-state index < -0.39 is 11.9 Å². The molecule has 0 unspecified atom stereocenters. The van der Waals surface area contributed by atoms with Gasteiger partial charge in [-0.25, -0.2) is 0 Å². The molecule has 0 fully saturated rings. The largest absolute Gasteiger partial charge is 0.494 e. The molecule has 6 nitrogen and oxygen atoms in total. The van der Waals surface area contributed by atoms with Crippen LogP contribution in [-0.4, -0.2) is 30.9 Å². The predicted octanol–water partition coefficient (Wildman–Crippen LogP) is 4.24. The molecule has 0 heterocycles. The van der Waals surface area contributed by atoms with E-state index in [0.717, 1.165) is 17.5 Å². The molecule has 0 aliphatic carbocycles. The highest BCUT2D eigenvalue weighted by atomic mass is 16.5. The van der Waals surface area contributed by atoms with Crippen molar-refractivity contribution in [2.24, 2.45) is 0 Å². The zero-order chi connectivity index (χ0) is 21.2. The Morgan fingerprint density at radius 2 is 1.69 bits per heavy atom. The van der Waals surface area contributed by atoms with E-state index in [-0.39, 0.29) is 25.2 Å². The van der Waals surface area contributed by atoms with Gasteiger partial charge in [0.15, 0.2) is 12.4 Å². The molecule has 0 saturated carbocycles. The molecule has 6 heteroatoms. The standard InChI is InChI=1S/C23H27NO5/c1-4-14-28-19-10-8-18(9-11-19)21(25)12-13-23(27)29-15-22(26)24-20-7-5-6-16(2)17(20)3/h5-11H,4,12-15H2,1-3H3,(H,24,26). The van der Waals surface area contributed by atoms with E-state index >= 15 is 0 Å². The Hall–Kier alpha value is -3.15. The molecule has 0 saturated heterocycles. The molecule has 29 heavy (non-hydrogen) atoms. The van der Waals surface area contributed by atoms with Gasteiger partial charge in [0.2, 0.25) is 0 Å². The van der Waals surface area contributed by atoms with Crippen molar-refractivity contribution in [2.75, 3.05) is 18.5 Å². The van der Waals surface area contributed by atoms with Crippen LogP contribution in [-0.2, 0) is 14.3 Å². The van der Waals surface area contributed by atoms with E-state index in [2.05, 4.69) is 5.32 Å². The van der Waals surface area contributed by atoms with Gasteiger partial charge in [0, 0.05) is 17.7 Å². The van der Waals surface area contributed by atoms with E-state index in [1.54, 1.807) is 30.3 Å².